The molecule has 2 aliphatic rings. The Kier molecular flexibility index (Phi) is 6.91. The first-order valence-electron chi connectivity index (χ1n) is 11.9. The van der Waals surface area contributed by atoms with E-state index in [9.17, 15) is 14.4 Å². The first-order valence-corrected chi connectivity index (χ1v) is 11.9. The van der Waals surface area contributed by atoms with Gasteiger partial charge in [0.15, 0.2) is 0 Å². The van der Waals surface area contributed by atoms with Crippen LogP contribution in [0.25, 0.3) is 11.1 Å². The lowest BCUT2D eigenvalue weighted by Gasteiger charge is -2.29. The van der Waals surface area contributed by atoms with Crippen LogP contribution in [0, 0.1) is 11.8 Å². The van der Waals surface area contributed by atoms with Crippen molar-refractivity contribution in [2.24, 2.45) is 11.8 Å². The fraction of sp³-hybridized carbons (Fsp3) is 0.444. The number of alkyl carbamates (subject to hydrolysis) is 1. The van der Waals surface area contributed by atoms with Gasteiger partial charge < -0.3 is 20.5 Å². The van der Waals surface area contributed by atoms with Crippen molar-refractivity contribution in [3.63, 3.8) is 0 Å². The molecule has 4 rings (SSSR count). The monoisotopic (exact) mass is 464 g/mol. The molecule has 7 heteroatoms. The SMILES string of the molecule is CC(CCNC(=O)C(C)(NC(=O)OCC1c2ccccc2-c2ccccc21)C1CC1)CC(=O)O. The van der Waals surface area contributed by atoms with Crippen LogP contribution in [-0.4, -0.2) is 41.8 Å². The van der Waals surface area contributed by atoms with E-state index < -0.39 is 17.6 Å². The van der Waals surface area contributed by atoms with E-state index in [1.54, 1.807) is 6.92 Å². The van der Waals surface area contributed by atoms with Gasteiger partial charge in [0, 0.05) is 18.9 Å². The van der Waals surface area contributed by atoms with Gasteiger partial charge in [-0.15, -0.1) is 0 Å². The molecule has 1 saturated carbocycles. The fourth-order valence-electron chi connectivity index (χ4n) is 4.87. The summed E-state index contributed by atoms with van der Waals surface area (Å²) in [7, 11) is 0. The Morgan fingerprint density at radius 1 is 1.06 bits per heavy atom. The molecule has 0 bridgehead atoms. The third-order valence-corrected chi connectivity index (χ3v) is 7.02. The summed E-state index contributed by atoms with van der Waals surface area (Å²) in [5, 5.41) is 14.6. The summed E-state index contributed by atoms with van der Waals surface area (Å²) in [5.74, 6) is -1.14. The maximum absolute atomic E-state index is 13.0. The van der Waals surface area contributed by atoms with Gasteiger partial charge in [0.2, 0.25) is 5.91 Å². The predicted octanol–water partition coefficient (Wildman–Crippen LogP) is 4.31. The maximum Gasteiger partial charge on any atom is 0.408 e. The van der Waals surface area contributed by atoms with Crippen LogP contribution < -0.4 is 10.6 Å². The lowest BCUT2D eigenvalue weighted by molar-refractivity contribution is -0.138. The van der Waals surface area contributed by atoms with E-state index in [1.165, 1.54) is 0 Å². The molecule has 34 heavy (non-hydrogen) atoms. The maximum atomic E-state index is 13.0. The summed E-state index contributed by atoms with van der Waals surface area (Å²) < 4.78 is 5.65. The van der Waals surface area contributed by atoms with E-state index in [0.717, 1.165) is 35.1 Å². The van der Waals surface area contributed by atoms with E-state index >= 15 is 0 Å². The van der Waals surface area contributed by atoms with Gasteiger partial charge in [-0.3, -0.25) is 9.59 Å². The Morgan fingerprint density at radius 3 is 2.21 bits per heavy atom. The summed E-state index contributed by atoms with van der Waals surface area (Å²) in [4.78, 5) is 36.6. The average Bonchev–Trinajstić information content (AvgIpc) is 3.61. The van der Waals surface area contributed by atoms with Crippen LogP contribution in [0.5, 0.6) is 0 Å². The molecule has 0 saturated heterocycles. The molecule has 1 fully saturated rings. The van der Waals surface area contributed by atoms with Crippen LogP contribution in [0.4, 0.5) is 4.79 Å². The Labute approximate surface area is 199 Å². The molecule has 2 amide bonds. The van der Waals surface area contributed by atoms with Crippen LogP contribution in [0.1, 0.15) is 56.6 Å². The Morgan fingerprint density at radius 2 is 1.65 bits per heavy atom. The minimum Gasteiger partial charge on any atom is -0.481 e. The van der Waals surface area contributed by atoms with Crippen LogP contribution in [0.2, 0.25) is 0 Å². The van der Waals surface area contributed by atoms with E-state index in [0.29, 0.717) is 13.0 Å². The fourth-order valence-corrected chi connectivity index (χ4v) is 4.87. The van der Waals surface area contributed by atoms with Crippen LogP contribution in [0.3, 0.4) is 0 Å². The van der Waals surface area contributed by atoms with Crippen molar-refractivity contribution in [3.05, 3.63) is 59.7 Å². The minimum atomic E-state index is -1.06. The summed E-state index contributed by atoms with van der Waals surface area (Å²) in [6.07, 6.45) is 1.74. The lowest BCUT2D eigenvalue weighted by atomic mass is 9.94. The smallest absolute Gasteiger partial charge is 0.408 e. The largest absolute Gasteiger partial charge is 0.481 e. The molecule has 2 unspecified atom stereocenters. The molecule has 0 heterocycles. The van der Waals surface area contributed by atoms with Gasteiger partial charge in [-0.25, -0.2) is 4.79 Å². The molecule has 0 aromatic heterocycles. The number of benzene rings is 2. The van der Waals surface area contributed by atoms with E-state index in [4.69, 9.17) is 9.84 Å². The van der Waals surface area contributed by atoms with Crippen molar-refractivity contribution in [1.82, 2.24) is 10.6 Å². The molecule has 2 aliphatic carbocycles. The van der Waals surface area contributed by atoms with Crippen LogP contribution >= 0.6 is 0 Å². The Hall–Kier alpha value is -3.35. The molecule has 2 atom stereocenters. The van der Waals surface area contributed by atoms with Crippen molar-refractivity contribution in [2.45, 2.75) is 51.0 Å². The molecule has 2 aromatic carbocycles. The number of rotatable bonds is 10. The van der Waals surface area contributed by atoms with E-state index in [1.807, 2.05) is 31.2 Å². The first kappa shape index (κ1) is 23.8. The molecule has 0 aliphatic heterocycles. The van der Waals surface area contributed by atoms with Crippen LogP contribution in [-0.2, 0) is 14.3 Å². The zero-order valence-electron chi connectivity index (χ0n) is 19.7. The number of carbonyl (C=O) groups excluding carboxylic acids is 2. The van der Waals surface area contributed by atoms with Gasteiger partial charge in [-0.05, 0) is 60.3 Å². The molecular formula is C27H32N2O5. The number of aliphatic carboxylic acids is 1. The highest BCUT2D eigenvalue weighted by Gasteiger charge is 2.48. The molecule has 3 N–H and O–H groups in total. The first-order chi connectivity index (χ1) is 16.3. The normalized spacial score (nSPS) is 17.1. The van der Waals surface area contributed by atoms with Gasteiger partial charge in [0.25, 0.3) is 0 Å². The molecule has 7 nitrogen and oxygen atoms in total. The van der Waals surface area contributed by atoms with Crippen molar-refractivity contribution in [1.29, 1.82) is 0 Å². The number of carboxylic acids is 1. The topological polar surface area (TPSA) is 105 Å². The summed E-state index contributed by atoms with van der Waals surface area (Å²) in [5.41, 5.74) is 3.53. The quantitative estimate of drug-likeness (QED) is 0.486. The highest BCUT2D eigenvalue weighted by molar-refractivity contribution is 5.90. The second-order valence-electron chi connectivity index (χ2n) is 9.67. The van der Waals surface area contributed by atoms with Crippen LogP contribution in [0.15, 0.2) is 48.5 Å². The summed E-state index contributed by atoms with van der Waals surface area (Å²) >= 11 is 0. The Bertz CT molecular complexity index is 1030. The molecule has 0 radical (unpaired) electrons. The van der Waals surface area contributed by atoms with Crippen molar-refractivity contribution in [2.75, 3.05) is 13.2 Å². The zero-order chi connectivity index (χ0) is 24.3. The van der Waals surface area contributed by atoms with Gasteiger partial charge in [0.05, 0.1) is 0 Å². The summed E-state index contributed by atoms with van der Waals surface area (Å²) in [6, 6.07) is 16.3. The molecule has 180 valence electrons. The van der Waals surface area contributed by atoms with Gasteiger partial charge in [-0.1, -0.05) is 55.5 Å². The van der Waals surface area contributed by atoms with Crippen molar-refractivity contribution < 1.29 is 24.2 Å². The third kappa shape index (κ3) is 5.08. The number of ether oxygens (including phenoxy) is 1. The lowest BCUT2D eigenvalue weighted by Crippen LogP contribution is -2.58. The molecular weight excluding hydrogens is 432 g/mol. The number of nitrogens with one attached hydrogen (secondary N) is 2. The third-order valence-electron chi connectivity index (χ3n) is 7.02. The standard InChI is InChI=1S/C27H32N2O5/c1-17(15-24(30)31)13-14-28-25(32)27(2,18-11-12-18)29-26(33)34-16-23-21-9-5-3-7-19(21)20-8-4-6-10-22(20)23/h3-10,17-18,23H,11-16H2,1-2H3,(H,28,32)(H,29,33)(H,30,31). The van der Waals surface area contributed by atoms with E-state index in [-0.39, 0.29) is 36.7 Å². The van der Waals surface area contributed by atoms with Gasteiger partial charge in [-0.2, -0.15) is 0 Å². The van der Waals surface area contributed by atoms with Gasteiger partial charge >= 0.3 is 12.1 Å². The highest BCUT2D eigenvalue weighted by atomic mass is 16.5. The molecule has 0 spiro atoms. The van der Waals surface area contributed by atoms with Gasteiger partial charge in [0.1, 0.15) is 12.1 Å². The minimum absolute atomic E-state index is 0.0416. The van der Waals surface area contributed by atoms with Crippen molar-refractivity contribution in [3.8, 4) is 11.1 Å². The van der Waals surface area contributed by atoms with Crippen molar-refractivity contribution >= 4 is 18.0 Å². The zero-order valence-corrected chi connectivity index (χ0v) is 19.7. The number of fused-ring (bicyclic) bond motifs is 3. The number of amides is 2. The number of hydrogen-bond acceptors (Lipinski definition) is 4. The second-order valence-corrected chi connectivity index (χ2v) is 9.67. The van der Waals surface area contributed by atoms with E-state index in [2.05, 4.69) is 34.9 Å². The highest BCUT2D eigenvalue weighted by Crippen LogP contribution is 2.44. The second kappa shape index (κ2) is 9.87. The Balaban J connectivity index is 1.36. The average molecular weight is 465 g/mol. The number of hydrogen-bond donors (Lipinski definition) is 3. The number of carbonyl (C=O) groups is 3. The number of carboxylic acid groups (broad SMARTS) is 1. The summed E-state index contributed by atoms with van der Waals surface area (Å²) in [6.45, 7) is 4.13. The molecule has 2 aromatic rings. The predicted molar refractivity (Wildman–Crippen MR) is 128 cm³/mol.